The first-order chi connectivity index (χ1) is 24.6. The lowest BCUT2D eigenvalue weighted by atomic mass is 9.79. The van der Waals surface area contributed by atoms with Crippen molar-refractivity contribution >= 4 is 68.0 Å². The molecule has 18 heteroatoms. The predicted molar refractivity (Wildman–Crippen MR) is 193 cm³/mol. The van der Waals surface area contributed by atoms with Crippen LogP contribution in [0.1, 0.15) is 41.2 Å². The number of anilines is 2. The number of aliphatic hydroxyl groups excluding tert-OH is 1. The van der Waals surface area contributed by atoms with Gasteiger partial charge in [0.1, 0.15) is 12.4 Å². The third-order valence-corrected chi connectivity index (χ3v) is 11.7. The van der Waals surface area contributed by atoms with Crippen LogP contribution >= 0.6 is 0 Å². The van der Waals surface area contributed by atoms with Gasteiger partial charge in [-0.05, 0) is 69.9 Å². The molecule has 4 aromatic rings. The molecule has 0 aromatic heterocycles. The van der Waals surface area contributed by atoms with Gasteiger partial charge in [0.2, 0.25) is 11.8 Å². The summed E-state index contributed by atoms with van der Waals surface area (Å²) in [5.74, 6) is -1.88. The van der Waals surface area contributed by atoms with Crippen molar-refractivity contribution in [3.63, 3.8) is 0 Å². The molecule has 14 nitrogen and oxygen atoms in total. The minimum absolute atomic E-state index is 0.0854. The Hall–Kier alpha value is -4.55. The third-order valence-electron chi connectivity index (χ3n) is 8.24. The van der Waals surface area contributed by atoms with E-state index >= 15 is 0 Å². The summed E-state index contributed by atoms with van der Waals surface area (Å²) in [5.41, 5.74) is 4.80. The fourth-order valence-electron chi connectivity index (χ4n) is 5.63. The van der Waals surface area contributed by atoms with E-state index in [1.54, 1.807) is 55.5 Å². The van der Waals surface area contributed by atoms with Gasteiger partial charge in [-0.3, -0.25) is 9.59 Å². The first-order valence-electron chi connectivity index (χ1n) is 16.0. The third kappa shape index (κ3) is 9.08. The highest BCUT2D eigenvalue weighted by molar-refractivity contribution is 7.91. The van der Waals surface area contributed by atoms with Gasteiger partial charge in [0.25, 0.3) is 0 Å². The largest absolute Gasteiger partial charge is 0.508 e. The van der Waals surface area contributed by atoms with E-state index in [2.05, 4.69) is 10.6 Å². The number of fused-ring (bicyclic) bond motifs is 2. The second-order valence-corrected chi connectivity index (χ2v) is 16.1. The lowest BCUT2D eigenvalue weighted by molar-refractivity contribution is -0.119. The maximum absolute atomic E-state index is 12.9. The summed E-state index contributed by atoms with van der Waals surface area (Å²) in [6, 6.07) is 18.4. The van der Waals surface area contributed by atoms with Crippen LogP contribution in [0, 0.1) is 6.92 Å². The molecule has 2 aliphatic heterocycles. The van der Waals surface area contributed by atoms with Crippen molar-refractivity contribution in [3.8, 4) is 5.75 Å². The van der Waals surface area contributed by atoms with E-state index in [0.717, 1.165) is 22.8 Å². The highest BCUT2D eigenvalue weighted by Gasteiger charge is 2.30. The minimum Gasteiger partial charge on any atom is -0.508 e. The Morgan fingerprint density at radius 2 is 1.19 bits per heavy atom. The van der Waals surface area contributed by atoms with Gasteiger partial charge in [-0.1, -0.05) is 49.4 Å². The Kier molecular flexibility index (Phi) is 11.9. The highest BCUT2D eigenvalue weighted by Crippen LogP contribution is 2.29. The standard InChI is InChI=1S/C18H20BNO5S.C16H16BNO7S/c1-3-18(21)20-16-8-12(2)4-7-17(16)26(23,24)11-13-5-6-14-10-25-19(22)15(14)9-13;19-7-16(21)18-14-6-12(20)3-4-15(14)26(23,24)9-10-1-2-11-8-25-17(22)13(11)5-10/h4-9,22H,3,10-11H2,1-2H3,(H,20,21);1-6,19-20,22H,7-9H2,(H,18,21). The zero-order valence-corrected chi connectivity index (χ0v) is 29.8. The predicted octanol–water partition coefficient (Wildman–Crippen LogP) is 1.05. The Balaban J connectivity index is 0.000000201. The summed E-state index contributed by atoms with van der Waals surface area (Å²) < 4.78 is 61.7. The van der Waals surface area contributed by atoms with Crippen molar-refractivity contribution in [1.29, 1.82) is 0 Å². The number of phenols is 1. The quantitative estimate of drug-likeness (QED) is 0.125. The normalized spacial score (nSPS) is 13.6. The van der Waals surface area contributed by atoms with Crippen molar-refractivity contribution in [2.45, 2.75) is 54.8 Å². The summed E-state index contributed by atoms with van der Waals surface area (Å²) >= 11 is 0. The fourth-order valence-corrected chi connectivity index (χ4v) is 8.62. The van der Waals surface area contributed by atoms with Crippen LogP contribution in [0.2, 0.25) is 0 Å². The number of aliphatic hydroxyl groups is 1. The minimum atomic E-state index is -3.88. The molecule has 0 spiro atoms. The second kappa shape index (κ2) is 16.0. The molecule has 0 atom stereocenters. The summed E-state index contributed by atoms with van der Waals surface area (Å²) in [4.78, 5) is 23.1. The average Bonchev–Trinajstić information content (AvgIpc) is 3.65. The first kappa shape index (κ1) is 38.7. The van der Waals surface area contributed by atoms with Crippen LogP contribution in [0.25, 0.3) is 0 Å². The van der Waals surface area contributed by atoms with Crippen molar-refractivity contribution < 1.29 is 56.0 Å². The molecule has 52 heavy (non-hydrogen) atoms. The zero-order chi connectivity index (χ0) is 37.8. The number of nitrogens with one attached hydrogen (secondary N) is 2. The monoisotopic (exact) mass is 750 g/mol. The van der Waals surface area contributed by atoms with Gasteiger partial charge in [0, 0.05) is 12.5 Å². The summed E-state index contributed by atoms with van der Waals surface area (Å²) in [6.07, 6.45) is 0.260. The number of aryl methyl sites for hydroxylation is 1. The first-order valence-corrected chi connectivity index (χ1v) is 19.3. The van der Waals surface area contributed by atoms with Gasteiger partial charge in [0.15, 0.2) is 19.7 Å². The van der Waals surface area contributed by atoms with Crippen LogP contribution in [0.4, 0.5) is 11.4 Å². The molecule has 2 amide bonds. The topological polar surface area (TPSA) is 226 Å². The van der Waals surface area contributed by atoms with E-state index in [-0.39, 0.29) is 51.7 Å². The van der Waals surface area contributed by atoms with Crippen LogP contribution in [-0.4, -0.2) is 69.8 Å². The van der Waals surface area contributed by atoms with E-state index in [4.69, 9.17) is 14.4 Å². The Bertz CT molecular complexity index is 2080. The van der Waals surface area contributed by atoms with Crippen LogP contribution in [-0.2, 0) is 63.3 Å². The van der Waals surface area contributed by atoms with Gasteiger partial charge in [-0.2, -0.15) is 0 Å². The van der Waals surface area contributed by atoms with Crippen molar-refractivity contribution in [2.75, 3.05) is 17.2 Å². The van der Waals surface area contributed by atoms with Gasteiger partial charge in [-0.15, -0.1) is 0 Å². The molecule has 0 saturated heterocycles. The number of aromatic hydroxyl groups is 1. The summed E-state index contributed by atoms with van der Waals surface area (Å²) in [5, 5.41) is 42.9. The van der Waals surface area contributed by atoms with E-state index < -0.39 is 46.4 Å². The molecule has 6 rings (SSSR count). The fraction of sp³-hybridized carbons (Fsp3) is 0.235. The zero-order valence-electron chi connectivity index (χ0n) is 28.2. The van der Waals surface area contributed by atoms with Gasteiger partial charge in [-0.25, -0.2) is 16.8 Å². The summed E-state index contributed by atoms with van der Waals surface area (Å²) in [6.45, 7) is 3.29. The van der Waals surface area contributed by atoms with Crippen molar-refractivity contribution in [2.24, 2.45) is 0 Å². The molecule has 0 aliphatic carbocycles. The van der Waals surface area contributed by atoms with Crippen molar-refractivity contribution in [3.05, 3.63) is 101 Å². The Morgan fingerprint density at radius 3 is 1.69 bits per heavy atom. The van der Waals surface area contributed by atoms with E-state index in [1.165, 1.54) is 18.2 Å². The molecular formula is C34H36B2N2O12S2. The smallest absolute Gasteiger partial charge is 0.491 e. The molecule has 272 valence electrons. The molecule has 2 heterocycles. The van der Waals surface area contributed by atoms with Crippen LogP contribution in [0.3, 0.4) is 0 Å². The number of phenolic OH excluding ortho intramolecular Hbond substituents is 1. The molecular weight excluding hydrogens is 714 g/mol. The van der Waals surface area contributed by atoms with Gasteiger partial charge in [0.05, 0.1) is 45.9 Å². The van der Waals surface area contributed by atoms with Crippen molar-refractivity contribution in [1.82, 2.24) is 0 Å². The van der Waals surface area contributed by atoms with E-state index in [1.807, 2.05) is 6.92 Å². The molecule has 0 fully saturated rings. The molecule has 2 aliphatic rings. The number of hydrogen-bond acceptors (Lipinski definition) is 12. The lowest BCUT2D eigenvalue weighted by Gasteiger charge is -2.13. The van der Waals surface area contributed by atoms with Gasteiger partial charge < -0.3 is 40.2 Å². The van der Waals surface area contributed by atoms with E-state index in [9.17, 15) is 41.6 Å². The second-order valence-electron chi connectivity index (χ2n) is 12.2. The number of amides is 2. The van der Waals surface area contributed by atoms with E-state index in [0.29, 0.717) is 34.3 Å². The van der Waals surface area contributed by atoms with Crippen LogP contribution in [0.5, 0.6) is 5.75 Å². The summed E-state index contributed by atoms with van der Waals surface area (Å²) in [7, 11) is -9.67. The highest BCUT2D eigenvalue weighted by atomic mass is 32.2. The molecule has 0 bridgehead atoms. The number of benzene rings is 4. The molecule has 6 N–H and O–H groups in total. The molecule has 4 aromatic carbocycles. The maximum Gasteiger partial charge on any atom is 0.491 e. The number of hydrogen-bond donors (Lipinski definition) is 6. The average molecular weight is 750 g/mol. The maximum atomic E-state index is 12.9. The Labute approximate surface area is 301 Å². The lowest BCUT2D eigenvalue weighted by Crippen LogP contribution is -2.28. The number of carbonyl (C=O) groups is 2. The van der Waals surface area contributed by atoms with Gasteiger partial charge >= 0.3 is 14.2 Å². The van der Waals surface area contributed by atoms with Crippen LogP contribution < -0.4 is 21.6 Å². The number of carbonyl (C=O) groups excluding carboxylic acids is 2. The number of sulfone groups is 2. The van der Waals surface area contributed by atoms with Crippen LogP contribution in [0.15, 0.2) is 82.6 Å². The SMILES string of the molecule is CCC(=O)Nc1cc(C)ccc1S(=O)(=O)Cc1ccc2c(c1)B(O)OC2.O=C(CO)Nc1cc(O)ccc1S(=O)(=O)Cc1ccc2c(c1)B(O)OC2. The number of rotatable bonds is 10. The molecule has 0 saturated carbocycles. The Morgan fingerprint density at radius 1 is 0.712 bits per heavy atom. The molecule has 0 radical (unpaired) electrons. The molecule has 0 unspecified atom stereocenters.